The molecule has 1 aromatic rings. The lowest BCUT2D eigenvalue weighted by atomic mass is 9.97. The van der Waals surface area contributed by atoms with Gasteiger partial charge in [0.15, 0.2) is 11.5 Å². The first-order valence-corrected chi connectivity index (χ1v) is 7.41. The maximum absolute atomic E-state index is 9.78. The third-order valence-electron chi connectivity index (χ3n) is 2.99. The standard InChI is InChI=1S/C14H21IO2/c1-3-5-7-10-9-12(16)14(17)13(15)11(10)8-6-4-2/h9,16-17H,3-8H2,1-2H3. The summed E-state index contributed by atoms with van der Waals surface area (Å²) in [5.41, 5.74) is 2.41. The van der Waals surface area contributed by atoms with Gasteiger partial charge in [-0.3, -0.25) is 0 Å². The zero-order valence-corrected chi connectivity index (χ0v) is 12.7. The van der Waals surface area contributed by atoms with Crippen molar-refractivity contribution >= 4 is 22.6 Å². The average molecular weight is 348 g/mol. The second-order valence-electron chi connectivity index (χ2n) is 4.40. The zero-order valence-electron chi connectivity index (χ0n) is 10.6. The Morgan fingerprint density at radius 1 is 1.06 bits per heavy atom. The monoisotopic (exact) mass is 348 g/mol. The van der Waals surface area contributed by atoms with Gasteiger partial charge < -0.3 is 10.2 Å². The molecule has 2 nitrogen and oxygen atoms in total. The summed E-state index contributed by atoms with van der Waals surface area (Å²) < 4.78 is 0.821. The van der Waals surface area contributed by atoms with Crippen molar-refractivity contribution in [3.63, 3.8) is 0 Å². The van der Waals surface area contributed by atoms with Crippen molar-refractivity contribution in [2.75, 3.05) is 0 Å². The second kappa shape index (κ2) is 7.09. The fourth-order valence-electron chi connectivity index (χ4n) is 1.93. The van der Waals surface area contributed by atoms with E-state index in [1.54, 1.807) is 6.07 Å². The first-order valence-electron chi connectivity index (χ1n) is 6.33. The number of aryl methyl sites for hydroxylation is 1. The van der Waals surface area contributed by atoms with Crippen molar-refractivity contribution in [1.82, 2.24) is 0 Å². The number of rotatable bonds is 6. The predicted octanol–water partition coefficient (Wildman–Crippen LogP) is 4.39. The van der Waals surface area contributed by atoms with Crippen LogP contribution in [-0.4, -0.2) is 10.2 Å². The molecular formula is C14H21IO2. The zero-order chi connectivity index (χ0) is 12.8. The molecule has 0 amide bonds. The number of hydrogen-bond acceptors (Lipinski definition) is 2. The molecule has 0 spiro atoms. The van der Waals surface area contributed by atoms with Crippen LogP contribution in [0.15, 0.2) is 6.07 Å². The van der Waals surface area contributed by atoms with Gasteiger partial charge >= 0.3 is 0 Å². The quantitative estimate of drug-likeness (QED) is 0.591. The van der Waals surface area contributed by atoms with Crippen molar-refractivity contribution in [3.05, 3.63) is 20.8 Å². The van der Waals surface area contributed by atoms with Gasteiger partial charge in [-0.25, -0.2) is 0 Å². The van der Waals surface area contributed by atoms with Crippen LogP contribution < -0.4 is 0 Å². The van der Waals surface area contributed by atoms with Crippen LogP contribution in [0.5, 0.6) is 11.5 Å². The van der Waals surface area contributed by atoms with E-state index in [9.17, 15) is 10.2 Å². The van der Waals surface area contributed by atoms with Gasteiger partial charge in [0.25, 0.3) is 0 Å². The van der Waals surface area contributed by atoms with E-state index in [-0.39, 0.29) is 11.5 Å². The van der Waals surface area contributed by atoms with Crippen LogP contribution >= 0.6 is 22.6 Å². The smallest absolute Gasteiger partial charge is 0.171 e. The van der Waals surface area contributed by atoms with E-state index in [4.69, 9.17) is 0 Å². The Morgan fingerprint density at radius 3 is 2.24 bits per heavy atom. The number of halogens is 1. The summed E-state index contributed by atoms with van der Waals surface area (Å²) in [4.78, 5) is 0. The van der Waals surface area contributed by atoms with Crippen molar-refractivity contribution < 1.29 is 10.2 Å². The van der Waals surface area contributed by atoms with Crippen LogP contribution in [0.2, 0.25) is 0 Å². The highest BCUT2D eigenvalue weighted by Gasteiger charge is 2.14. The number of hydrogen-bond donors (Lipinski definition) is 2. The maximum atomic E-state index is 9.78. The van der Waals surface area contributed by atoms with Gasteiger partial charge in [0.1, 0.15) is 0 Å². The van der Waals surface area contributed by atoms with E-state index >= 15 is 0 Å². The summed E-state index contributed by atoms with van der Waals surface area (Å²) in [6, 6.07) is 1.73. The summed E-state index contributed by atoms with van der Waals surface area (Å²) >= 11 is 2.14. The van der Waals surface area contributed by atoms with Gasteiger partial charge in [-0.05, 0) is 65.5 Å². The molecule has 0 aliphatic rings. The van der Waals surface area contributed by atoms with Gasteiger partial charge in [0, 0.05) is 0 Å². The minimum Gasteiger partial charge on any atom is -0.504 e. The number of benzene rings is 1. The fraction of sp³-hybridized carbons (Fsp3) is 0.571. The SMILES string of the molecule is CCCCc1cc(O)c(O)c(I)c1CCCC. The lowest BCUT2D eigenvalue weighted by molar-refractivity contribution is 0.399. The maximum Gasteiger partial charge on any atom is 0.171 e. The molecule has 1 rings (SSSR count). The summed E-state index contributed by atoms with van der Waals surface area (Å²) in [5.74, 6) is 0.0534. The molecule has 17 heavy (non-hydrogen) atoms. The van der Waals surface area contributed by atoms with Crippen molar-refractivity contribution in [2.24, 2.45) is 0 Å². The summed E-state index contributed by atoms with van der Waals surface area (Å²) in [6.07, 6.45) is 6.51. The molecule has 0 atom stereocenters. The van der Waals surface area contributed by atoms with Crippen LogP contribution in [0.25, 0.3) is 0 Å². The first kappa shape index (κ1) is 14.6. The molecule has 0 fully saturated rings. The summed E-state index contributed by atoms with van der Waals surface area (Å²) in [5, 5.41) is 19.5. The largest absolute Gasteiger partial charge is 0.504 e. The van der Waals surface area contributed by atoms with Gasteiger partial charge in [-0.1, -0.05) is 26.7 Å². The molecule has 0 aliphatic heterocycles. The van der Waals surface area contributed by atoms with Crippen LogP contribution in [-0.2, 0) is 12.8 Å². The molecule has 0 bridgehead atoms. The molecule has 0 saturated heterocycles. The van der Waals surface area contributed by atoms with E-state index in [2.05, 4.69) is 36.4 Å². The molecule has 0 aliphatic carbocycles. The van der Waals surface area contributed by atoms with Gasteiger partial charge in [-0.2, -0.15) is 0 Å². The number of aromatic hydroxyl groups is 2. The highest BCUT2D eigenvalue weighted by Crippen LogP contribution is 2.36. The molecule has 3 heteroatoms. The Morgan fingerprint density at radius 2 is 1.65 bits per heavy atom. The first-order chi connectivity index (χ1) is 8.11. The topological polar surface area (TPSA) is 40.5 Å². The normalized spacial score (nSPS) is 10.8. The van der Waals surface area contributed by atoms with Crippen molar-refractivity contribution in [3.8, 4) is 11.5 Å². The Bertz CT molecular complexity index is 375. The average Bonchev–Trinajstić information content (AvgIpc) is 2.32. The van der Waals surface area contributed by atoms with Crippen molar-refractivity contribution in [2.45, 2.75) is 52.4 Å². The van der Waals surface area contributed by atoms with E-state index in [1.807, 2.05) is 0 Å². The third kappa shape index (κ3) is 3.76. The van der Waals surface area contributed by atoms with Gasteiger partial charge in [-0.15, -0.1) is 0 Å². The van der Waals surface area contributed by atoms with E-state index in [1.165, 1.54) is 11.1 Å². The number of phenolic OH excluding ortho intramolecular Hbond substituents is 2. The van der Waals surface area contributed by atoms with Crippen LogP contribution in [0.3, 0.4) is 0 Å². The molecule has 96 valence electrons. The van der Waals surface area contributed by atoms with Gasteiger partial charge in [0.05, 0.1) is 3.57 Å². The van der Waals surface area contributed by atoms with E-state index < -0.39 is 0 Å². The Hall–Kier alpha value is -0.450. The van der Waals surface area contributed by atoms with Crippen LogP contribution in [0.4, 0.5) is 0 Å². The molecule has 0 saturated carbocycles. The molecule has 2 N–H and O–H groups in total. The third-order valence-corrected chi connectivity index (χ3v) is 4.16. The Labute approximate surface area is 117 Å². The lowest BCUT2D eigenvalue weighted by Gasteiger charge is -2.14. The molecule has 1 aromatic carbocycles. The second-order valence-corrected chi connectivity index (χ2v) is 5.48. The predicted molar refractivity (Wildman–Crippen MR) is 79.7 cm³/mol. The highest BCUT2D eigenvalue weighted by molar-refractivity contribution is 14.1. The van der Waals surface area contributed by atoms with Crippen LogP contribution in [0, 0.1) is 3.57 Å². The minimum absolute atomic E-state index is 0.0146. The summed E-state index contributed by atoms with van der Waals surface area (Å²) in [7, 11) is 0. The molecule has 0 unspecified atom stereocenters. The van der Waals surface area contributed by atoms with Gasteiger partial charge in [0.2, 0.25) is 0 Å². The molecule has 0 radical (unpaired) electrons. The van der Waals surface area contributed by atoms with E-state index in [0.717, 1.165) is 42.1 Å². The lowest BCUT2D eigenvalue weighted by Crippen LogP contribution is -1.99. The summed E-state index contributed by atoms with van der Waals surface area (Å²) in [6.45, 7) is 4.33. The highest BCUT2D eigenvalue weighted by atomic mass is 127. The fourth-order valence-corrected chi connectivity index (χ4v) is 2.82. The molecule has 0 heterocycles. The Kier molecular flexibility index (Phi) is 6.09. The molecule has 0 aromatic heterocycles. The minimum atomic E-state index is 0.0146. The molecular weight excluding hydrogens is 327 g/mol. The van der Waals surface area contributed by atoms with Crippen molar-refractivity contribution in [1.29, 1.82) is 0 Å². The van der Waals surface area contributed by atoms with Crippen LogP contribution in [0.1, 0.15) is 50.7 Å². The Balaban J connectivity index is 3.06. The van der Waals surface area contributed by atoms with E-state index in [0.29, 0.717) is 0 Å². The number of unbranched alkanes of at least 4 members (excludes halogenated alkanes) is 2. The number of phenols is 2.